The van der Waals surface area contributed by atoms with E-state index < -0.39 is 0 Å². The smallest absolute Gasteiger partial charge is 0.0945 e. The van der Waals surface area contributed by atoms with E-state index >= 15 is 0 Å². The quantitative estimate of drug-likeness (QED) is 0.531. The lowest BCUT2D eigenvalue weighted by Crippen LogP contribution is -2.20. The molecule has 4 nitrogen and oxygen atoms in total. The van der Waals surface area contributed by atoms with E-state index in [0.29, 0.717) is 5.92 Å². The Morgan fingerprint density at radius 1 is 1.50 bits per heavy atom. The fourth-order valence-corrected chi connectivity index (χ4v) is 1.05. The molecule has 0 spiro atoms. The lowest BCUT2D eigenvalue weighted by molar-refractivity contribution is 0.0229. The van der Waals surface area contributed by atoms with Gasteiger partial charge in [0.05, 0.1) is 12.9 Å². The number of aryl methyl sites for hydroxylation is 1. The molecule has 0 unspecified atom stereocenters. The zero-order chi connectivity index (χ0) is 10.2. The number of nitrogens with one attached hydrogen (secondary N) is 1. The minimum atomic E-state index is 0.580. The minimum Gasteiger partial charge on any atom is -0.337 e. The molecule has 1 aromatic rings. The van der Waals surface area contributed by atoms with Crippen molar-refractivity contribution in [3.8, 4) is 0 Å². The Bertz CT molecular complexity index is 221. The third-order valence-electron chi connectivity index (χ3n) is 1.77. The maximum Gasteiger partial charge on any atom is 0.0945 e. The van der Waals surface area contributed by atoms with Crippen molar-refractivity contribution in [1.82, 2.24) is 15.0 Å². The Labute approximate surface area is 85.2 Å². The van der Waals surface area contributed by atoms with E-state index in [1.165, 1.54) is 0 Å². The minimum absolute atomic E-state index is 0.580. The van der Waals surface area contributed by atoms with Crippen LogP contribution >= 0.6 is 0 Å². The monoisotopic (exact) mass is 197 g/mol. The first-order chi connectivity index (χ1) is 6.79. The summed E-state index contributed by atoms with van der Waals surface area (Å²) in [6.45, 7) is 6.90. The van der Waals surface area contributed by atoms with Crippen LogP contribution in [0, 0.1) is 5.92 Å². The third-order valence-corrected chi connectivity index (χ3v) is 1.77. The fraction of sp³-hybridized carbons (Fsp3) is 0.700. The molecule has 0 aliphatic carbocycles. The van der Waals surface area contributed by atoms with Crippen molar-refractivity contribution < 1.29 is 4.84 Å². The van der Waals surface area contributed by atoms with Gasteiger partial charge in [0.1, 0.15) is 0 Å². The average Bonchev–Trinajstić information content (AvgIpc) is 2.63. The van der Waals surface area contributed by atoms with Gasteiger partial charge in [0, 0.05) is 25.5 Å². The molecule has 0 aromatic carbocycles. The van der Waals surface area contributed by atoms with Crippen molar-refractivity contribution in [3.63, 3.8) is 0 Å². The topological polar surface area (TPSA) is 39.1 Å². The molecular formula is C10H19N3O. The molecular weight excluding hydrogens is 178 g/mol. The highest BCUT2D eigenvalue weighted by atomic mass is 16.6. The largest absolute Gasteiger partial charge is 0.337 e. The summed E-state index contributed by atoms with van der Waals surface area (Å²) in [6, 6.07) is 0. The Balaban J connectivity index is 1.90. The van der Waals surface area contributed by atoms with Crippen LogP contribution in [-0.2, 0) is 11.4 Å². The third kappa shape index (κ3) is 4.99. The van der Waals surface area contributed by atoms with Gasteiger partial charge < -0.3 is 9.40 Å². The number of aromatic nitrogens is 2. The van der Waals surface area contributed by atoms with Crippen molar-refractivity contribution >= 4 is 0 Å². The molecule has 0 saturated heterocycles. The molecule has 0 aliphatic rings. The summed E-state index contributed by atoms with van der Waals surface area (Å²) in [5.74, 6) is 0.580. The van der Waals surface area contributed by atoms with Gasteiger partial charge in [-0.3, -0.25) is 0 Å². The second-order valence-electron chi connectivity index (χ2n) is 3.75. The van der Waals surface area contributed by atoms with Gasteiger partial charge in [-0.15, -0.1) is 0 Å². The van der Waals surface area contributed by atoms with Gasteiger partial charge in [-0.05, 0) is 12.3 Å². The van der Waals surface area contributed by atoms with Crippen LogP contribution in [-0.4, -0.2) is 22.7 Å². The number of nitrogens with zero attached hydrogens (tertiary/aromatic N) is 2. The first-order valence-corrected chi connectivity index (χ1v) is 5.09. The van der Waals surface area contributed by atoms with Crippen LogP contribution in [0.2, 0.25) is 0 Å². The highest BCUT2D eigenvalue weighted by molar-refractivity contribution is 4.73. The van der Waals surface area contributed by atoms with Crippen molar-refractivity contribution in [1.29, 1.82) is 0 Å². The molecule has 0 saturated carbocycles. The Kier molecular flexibility index (Phi) is 5.25. The van der Waals surface area contributed by atoms with Crippen LogP contribution in [0.5, 0.6) is 0 Å². The van der Waals surface area contributed by atoms with Crippen molar-refractivity contribution in [3.05, 3.63) is 18.7 Å². The predicted molar refractivity (Wildman–Crippen MR) is 55.6 cm³/mol. The van der Waals surface area contributed by atoms with Crippen molar-refractivity contribution in [2.24, 2.45) is 5.92 Å². The molecule has 0 amide bonds. The average molecular weight is 197 g/mol. The summed E-state index contributed by atoms with van der Waals surface area (Å²) in [7, 11) is 0. The number of hydroxylamine groups is 1. The standard InChI is InChI=1S/C10H19N3O/c1-10(2)8-14-12-4-3-6-13-7-5-11-9-13/h5,7,9-10,12H,3-4,6,8H2,1-2H3. The van der Waals surface area contributed by atoms with Crippen LogP contribution in [0.15, 0.2) is 18.7 Å². The van der Waals surface area contributed by atoms with E-state index in [9.17, 15) is 0 Å². The maximum atomic E-state index is 5.24. The van der Waals surface area contributed by atoms with Crippen LogP contribution in [0.4, 0.5) is 0 Å². The molecule has 0 bridgehead atoms. The molecule has 80 valence electrons. The number of imidazole rings is 1. The highest BCUT2D eigenvalue weighted by Gasteiger charge is 1.93. The first-order valence-electron chi connectivity index (χ1n) is 5.09. The molecule has 1 rings (SSSR count). The molecule has 1 N–H and O–H groups in total. The van der Waals surface area contributed by atoms with Gasteiger partial charge in [0.15, 0.2) is 0 Å². The van der Waals surface area contributed by atoms with E-state index in [4.69, 9.17) is 4.84 Å². The summed E-state index contributed by atoms with van der Waals surface area (Å²) in [4.78, 5) is 9.21. The summed E-state index contributed by atoms with van der Waals surface area (Å²) in [5.41, 5.74) is 2.95. The number of hydrogen-bond acceptors (Lipinski definition) is 3. The molecule has 0 aliphatic heterocycles. The Morgan fingerprint density at radius 2 is 2.36 bits per heavy atom. The normalized spacial score (nSPS) is 11.1. The Morgan fingerprint density at radius 3 is 3.00 bits per heavy atom. The van der Waals surface area contributed by atoms with Gasteiger partial charge in [-0.2, -0.15) is 0 Å². The molecule has 0 atom stereocenters. The predicted octanol–water partition coefficient (Wildman–Crippen LogP) is 1.45. The van der Waals surface area contributed by atoms with E-state index in [0.717, 1.165) is 26.1 Å². The molecule has 1 aromatic heterocycles. The lowest BCUT2D eigenvalue weighted by atomic mass is 10.2. The fourth-order valence-electron chi connectivity index (χ4n) is 1.05. The second kappa shape index (κ2) is 6.56. The van der Waals surface area contributed by atoms with E-state index in [2.05, 4.69) is 28.9 Å². The summed E-state index contributed by atoms with van der Waals surface area (Å²) >= 11 is 0. The number of hydrogen-bond donors (Lipinski definition) is 1. The SMILES string of the molecule is CC(C)CONCCCn1ccnc1. The van der Waals surface area contributed by atoms with Crippen molar-refractivity contribution in [2.75, 3.05) is 13.2 Å². The van der Waals surface area contributed by atoms with Crippen LogP contribution in [0.3, 0.4) is 0 Å². The molecule has 0 fully saturated rings. The van der Waals surface area contributed by atoms with Crippen LogP contribution in [0.1, 0.15) is 20.3 Å². The summed E-state index contributed by atoms with van der Waals surface area (Å²) in [6.07, 6.45) is 6.64. The van der Waals surface area contributed by atoms with E-state index in [1.54, 1.807) is 6.20 Å². The maximum absolute atomic E-state index is 5.24. The first kappa shape index (κ1) is 11.2. The van der Waals surface area contributed by atoms with E-state index in [1.807, 2.05) is 12.5 Å². The molecule has 0 radical (unpaired) electrons. The van der Waals surface area contributed by atoms with Gasteiger partial charge in [0.2, 0.25) is 0 Å². The number of rotatable bonds is 7. The zero-order valence-electron chi connectivity index (χ0n) is 8.94. The summed E-state index contributed by atoms with van der Waals surface area (Å²) < 4.78 is 2.06. The van der Waals surface area contributed by atoms with Gasteiger partial charge in [0.25, 0.3) is 0 Å². The van der Waals surface area contributed by atoms with E-state index in [-0.39, 0.29) is 0 Å². The van der Waals surface area contributed by atoms with Crippen molar-refractivity contribution in [2.45, 2.75) is 26.8 Å². The van der Waals surface area contributed by atoms with Gasteiger partial charge in [-0.1, -0.05) is 13.8 Å². The van der Waals surface area contributed by atoms with Gasteiger partial charge >= 0.3 is 0 Å². The van der Waals surface area contributed by atoms with Crippen LogP contribution < -0.4 is 5.48 Å². The van der Waals surface area contributed by atoms with Gasteiger partial charge in [-0.25, -0.2) is 10.5 Å². The second-order valence-corrected chi connectivity index (χ2v) is 3.75. The Hall–Kier alpha value is -0.870. The zero-order valence-corrected chi connectivity index (χ0v) is 8.94. The molecule has 4 heteroatoms. The lowest BCUT2D eigenvalue weighted by Gasteiger charge is -2.07. The molecule has 14 heavy (non-hydrogen) atoms. The van der Waals surface area contributed by atoms with Crippen LogP contribution in [0.25, 0.3) is 0 Å². The molecule has 1 heterocycles. The summed E-state index contributed by atoms with van der Waals surface area (Å²) in [5, 5.41) is 0. The highest BCUT2D eigenvalue weighted by Crippen LogP contribution is 1.91.